The van der Waals surface area contributed by atoms with Gasteiger partial charge in [-0.2, -0.15) is 0 Å². The van der Waals surface area contributed by atoms with Crippen molar-refractivity contribution in [1.82, 2.24) is 9.62 Å². The molecule has 1 aromatic carbocycles. The van der Waals surface area contributed by atoms with E-state index in [1.165, 1.54) is 30.0 Å². The Bertz CT molecular complexity index is 754. The maximum atomic E-state index is 12.2. The first-order valence-corrected chi connectivity index (χ1v) is 8.43. The van der Waals surface area contributed by atoms with E-state index in [0.717, 1.165) is 12.8 Å². The molecule has 2 aliphatic rings. The van der Waals surface area contributed by atoms with Crippen LogP contribution in [0.15, 0.2) is 23.1 Å². The van der Waals surface area contributed by atoms with Gasteiger partial charge >= 0.3 is 5.97 Å². The number of fused-ring (bicyclic) bond motifs is 1. The van der Waals surface area contributed by atoms with Crippen LogP contribution in [0.25, 0.3) is 0 Å². The van der Waals surface area contributed by atoms with E-state index in [4.69, 9.17) is 0 Å². The summed E-state index contributed by atoms with van der Waals surface area (Å²) in [6.45, 7) is 1.41. The van der Waals surface area contributed by atoms with Gasteiger partial charge in [0.15, 0.2) is 6.04 Å². The van der Waals surface area contributed by atoms with Crippen LogP contribution in [0.1, 0.15) is 36.9 Å². The number of amides is 1. The number of benzene rings is 1. The number of nitrogens with one attached hydrogen (secondary N) is 1. The summed E-state index contributed by atoms with van der Waals surface area (Å²) in [5.74, 6) is -1.48. The molecule has 0 spiro atoms. The second-order valence-electron chi connectivity index (χ2n) is 5.64. The fourth-order valence-electron chi connectivity index (χ4n) is 2.64. The maximum Gasteiger partial charge on any atom is 0.331 e. The standard InChI is InChI=1S/C14H16N2O5S/c1-8(17)16-7-9-6-11(22(20,21)15-10-2-3-10)4-5-12(9)13(16)14(18)19/h4-6,10,13,15H,2-3,7H2,1H3,(H,18,19). The first-order chi connectivity index (χ1) is 10.3. The third-order valence-corrected chi connectivity index (χ3v) is 5.43. The predicted molar refractivity (Wildman–Crippen MR) is 76.4 cm³/mol. The molecule has 118 valence electrons. The van der Waals surface area contributed by atoms with Gasteiger partial charge in [-0.15, -0.1) is 0 Å². The van der Waals surface area contributed by atoms with Crippen LogP contribution in [0.5, 0.6) is 0 Å². The first-order valence-electron chi connectivity index (χ1n) is 6.95. The molecule has 1 unspecified atom stereocenters. The lowest BCUT2D eigenvalue weighted by Gasteiger charge is -2.19. The fraction of sp³-hybridized carbons (Fsp3) is 0.429. The minimum Gasteiger partial charge on any atom is -0.479 e. The summed E-state index contributed by atoms with van der Waals surface area (Å²) in [5, 5.41) is 9.31. The number of rotatable bonds is 4. The smallest absolute Gasteiger partial charge is 0.331 e. The van der Waals surface area contributed by atoms with Crippen LogP contribution in [0.3, 0.4) is 0 Å². The molecule has 0 radical (unpaired) electrons. The zero-order valence-electron chi connectivity index (χ0n) is 11.9. The molecule has 1 atom stereocenters. The highest BCUT2D eigenvalue weighted by atomic mass is 32.2. The van der Waals surface area contributed by atoms with Crippen LogP contribution < -0.4 is 4.72 Å². The van der Waals surface area contributed by atoms with E-state index < -0.39 is 22.0 Å². The number of sulfonamides is 1. The largest absolute Gasteiger partial charge is 0.479 e. The third kappa shape index (κ3) is 2.59. The summed E-state index contributed by atoms with van der Waals surface area (Å²) in [5.41, 5.74) is 1.02. The molecule has 0 saturated heterocycles. The van der Waals surface area contributed by atoms with Crippen LogP contribution in [-0.4, -0.2) is 36.3 Å². The number of carboxylic acids is 1. The lowest BCUT2D eigenvalue weighted by molar-refractivity contribution is -0.149. The highest BCUT2D eigenvalue weighted by Gasteiger charge is 2.38. The van der Waals surface area contributed by atoms with E-state index in [1.54, 1.807) is 0 Å². The van der Waals surface area contributed by atoms with Gasteiger partial charge in [0, 0.05) is 19.5 Å². The highest BCUT2D eigenvalue weighted by Crippen LogP contribution is 2.35. The van der Waals surface area contributed by atoms with Crippen molar-refractivity contribution in [2.45, 2.75) is 43.3 Å². The topological polar surface area (TPSA) is 104 Å². The van der Waals surface area contributed by atoms with Gasteiger partial charge in [0.05, 0.1) is 4.90 Å². The van der Waals surface area contributed by atoms with E-state index in [0.29, 0.717) is 11.1 Å². The molecule has 2 N–H and O–H groups in total. The van der Waals surface area contributed by atoms with Crippen molar-refractivity contribution < 1.29 is 23.1 Å². The summed E-state index contributed by atoms with van der Waals surface area (Å²) in [6.07, 6.45) is 1.67. The maximum absolute atomic E-state index is 12.2. The van der Waals surface area contributed by atoms with E-state index in [2.05, 4.69) is 4.72 Å². The quantitative estimate of drug-likeness (QED) is 0.845. The Morgan fingerprint density at radius 3 is 2.55 bits per heavy atom. The number of nitrogens with zero attached hydrogens (tertiary/aromatic N) is 1. The predicted octanol–water partition coefficient (Wildman–Crippen LogP) is 0.615. The molecular weight excluding hydrogens is 308 g/mol. The lowest BCUT2D eigenvalue weighted by Crippen LogP contribution is -2.31. The summed E-state index contributed by atoms with van der Waals surface area (Å²) < 4.78 is 27.0. The number of carbonyl (C=O) groups is 2. The van der Waals surface area contributed by atoms with Crippen molar-refractivity contribution in [3.8, 4) is 0 Å². The molecule has 1 fully saturated rings. The van der Waals surface area contributed by atoms with E-state index in [1.807, 2.05) is 0 Å². The second-order valence-corrected chi connectivity index (χ2v) is 7.36. The average molecular weight is 324 g/mol. The van der Waals surface area contributed by atoms with Crippen molar-refractivity contribution in [3.63, 3.8) is 0 Å². The van der Waals surface area contributed by atoms with Crippen molar-refractivity contribution >= 4 is 21.9 Å². The Labute approximate surface area is 128 Å². The lowest BCUT2D eigenvalue weighted by atomic mass is 10.1. The van der Waals surface area contributed by atoms with Gasteiger partial charge in [-0.1, -0.05) is 6.07 Å². The Kier molecular flexibility index (Phi) is 3.45. The monoisotopic (exact) mass is 324 g/mol. The molecular formula is C14H16N2O5S. The zero-order valence-corrected chi connectivity index (χ0v) is 12.8. The van der Waals surface area contributed by atoms with Gasteiger partial charge in [-0.05, 0) is 36.1 Å². The Hall–Kier alpha value is -1.93. The SMILES string of the molecule is CC(=O)N1Cc2cc(S(=O)(=O)NC3CC3)ccc2C1C(=O)O. The van der Waals surface area contributed by atoms with Crippen molar-refractivity contribution in [1.29, 1.82) is 0 Å². The van der Waals surface area contributed by atoms with Crippen LogP contribution in [0.4, 0.5) is 0 Å². The van der Waals surface area contributed by atoms with Gasteiger partial charge in [0.25, 0.3) is 0 Å². The summed E-state index contributed by atoms with van der Waals surface area (Å²) in [7, 11) is -3.59. The third-order valence-electron chi connectivity index (χ3n) is 3.91. The van der Waals surface area contributed by atoms with E-state index >= 15 is 0 Å². The molecule has 22 heavy (non-hydrogen) atoms. The number of hydrogen-bond acceptors (Lipinski definition) is 4. The van der Waals surface area contributed by atoms with Gasteiger partial charge in [0.1, 0.15) is 0 Å². The molecule has 1 amide bonds. The minimum absolute atomic E-state index is 0.00117. The molecule has 1 aliphatic heterocycles. The Morgan fingerprint density at radius 2 is 2.00 bits per heavy atom. The molecule has 1 heterocycles. The summed E-state index contributed by atoms with van der Waals surface area (Å²) in [6, 6.07) is 3.28. The first kappa shape index (κ1) is 15.0. The summed E-state index contributed by atoms with van der Waals surface area (Å²) in [4.78, 5) is 24.3. The molecule has 1 saturated carbocycles. The van der Waals surface area contributed by atoms with Crippen molar-refractivity contribution in [2.75, 3.05) is 0 Å². The van der Waals surface area contributed by atoms with E-state index in [9.17, 15) is 23.1 Å². The number of hydrogen-bond donors (Lipinski definition) is 2. The molecule has 1 aliphatic carbocycles. The van der Waals surface area contributed by atoms with Gasteiger partial charge in [0.2, 0.25) is 15.9 Å². The van der Waals surface area contributed by atoms with Crippen molar-refractivity contribution in [2.24, 2.45) is 0 Å². The molecule has 7 nitrogen and oxygen atoms in total. The fourth-order valence-corrected chi connectivity index (χ4v) is 4.00. The van der Waals surface area contributed by atoms with Gasteiger partial charge < -0.3 is 10.0 Å². The number of carboxylic acid groups (broad SMARTS) is 1. The van der Waals surface area contributed by atoms with Crippen LogP contribution in [-0.2, 0) is 26.2 Å². The molecule has 3 rings (SSSR count). The highest BCUT2D eigenvalue weighted by molar-refractivity contribution is 7.89. The van der Waals surface area contributed by atoms with Gasteiger partial charge in [-0.25, -0.2) is 17.9 Å². The Morgan fingerprint density at radius 1 is 1.32 bits per heavy atom. The minimum atomic E-state index is -3.59. The molecule has 1 aromatic rings. The van der Waals surface area contributed by atoms with Crippen LogP contribution in [0.2, 0.25) is 0 Å². The van der Waals surface area contributed by atoms with Gasteiger partial charge in [-0.3, -0.25) is 4.79 Å². The second kappa shape index (κ2) is 5.06. The van der Waals surface area contributed by atoms with E-state index in [-0.39, 0.29) is 23.4 Å². The van der Waals surface area contributed by atoms with Crippen LogP contribution >= 0.6 is 0 Å². The normalized spacial score (nSPS) is 20.8. The van der Waals surface area contributed by atoms with Crippen molar-refractivity contribution in [3.05, 3.63) is 29.3 Å². The molecule has 8 heteroatoms. The van der Waals surface area contributed by atoms with Crippen LogP contribution in [0, 0.1) is 0 Å². The average Bonchev–Trinajstić information content (AvgIpc) is 3.13. The molecule has 0 bridgehead atoms. The number of aliphatic carboxylic acids is 1. The molecule has 0 aromatic heterocycles. The summed E-state index contributed by atoms with van der Waals surface area (Å²) >= 11 is 0. The Balaban J connectivity index is 1.97. The number of carbonyl (C=O) groups excluding carboxylic acids is 1. The zero-order chi connectivity index (χ0) is 16.1.